The normalized spacial score (nSPS) is 19.7. The fourth-order valence-electron chi connectivity index (χ4n) is 2.11. The fraction of sp³-hybridized carbons (Fsp3) is 0.500. The van der Waals surface area contributed by atoms with Crippen LogP contribution in [0.15, 0.2) is 22.7 Å². The summed E-state index contributed by atoms with van der Waals surface area (Å²) >= 11 is 3.43. The van der Waals surface area contributed by atoms with Crippen molar-refractivity contribution in [2.75, 3.05) is 26.2 Å². The SMILES string of the molecule is CC(c1ccc(F)cc1Br)N1CCNCC1. The minimum absolute atomic E-state index is 0.192. The summed E-state index contributed by atoms with van der Waals surface area (Å²) in [5.74, 6) is -0.192. The minimum atomic E-state index is -0.192. The molecule has 16 heavy (non-hydrogen) atoms. The van der Waals surface area contributed by atoms with E-state index in [4.69, 9.17) is 0 Å². The molecule has 1 N–H and O–H groups in total. The van der Waals surface area contributed by atoms with Crippen molar-refractivity contribution < 1.29 is 4.39 Å². The Balaban J connectivity index is 2.15. The fourth-order valence-corrected chi connectivity index (χ4v) is 2.79. The first kappa shape index (κ1) is 12.0. The Labute approximate surface area is 104 Å². The molecule has 1 aliphatic heterocycles. The number of hydrogen-bond donors (Lipinski definition) is 1. The number of hydrogen-bond acceptors (Lipinski definition) is 2. The first-order valence-corrected chi connectivity index (χ1v) is 6.37. The average molecular weight is 287 g/mol. The minimum Gasteiger partial charge on any atom is -0.314 e. The second-order valence-electron chi connectivity index (χ2n) is 4.13. The molecule has 4 heteroatoms. The predicted octanol–water partition coefficient (Wildman–Crippen LogP) is 2.55. The number of benzene rings is 1. The van der Waals surface area contributed by atoms with Gasteiger partial charge in [0.05, 0.1) is 0 Å². The van der Waals surface area contributed by atoms with E-state index in [1.807, 2.05) is 6.07 Å². The van der Waals surface area contributed by atoms with E-state index >= 15 is 0 Å². The van der Waals surface area contributed by atoms with Gasteiger partial charge in [0.15, 0.2) is 0 Å². The second kappa shape index (κ2) is 5.25. The van der Waals surface area contributed by atoms with Gasteiger partial charge in [-0.05, 0) is 24.6 Å². The molecule has 0 bridgehead atoms. The molecule has 2 nitrogen and oxygen atoms in total. The van der Waals surface area contributed by atoms with Crippen molar-refractivity contribution in [1.29, 1.82) is 0 Å². The van der Waals surface area contributed by atoms with E-state index in [0.29, 0.717) is 6.04 Å². The summed E-state index contributed by atoms with van der Waals surface area (Å²) in [7, 11) is 0. The highest BCUT2D eigenvalue weighted by molar-refractivity contribution is 9.10. The van der Waals surface area contributed by atoms with Gasteiger partial charge in [0.1, 0.15) is 5.82 Å². The van der Waals surface area contributed by atoms with Gasteiger partial charge in [-0.3, -0.25) is 4.90 Å². The predicted molar refractivity (Wildman–Crippen MR) is 67.0 cm³/mol. The van der Waals surface area contributed by atoms with Crippen molar-refractivity contribution in [3.8, 4) is 0 Å². The van der Waals surface area contributed by atoms with Crippen molar-refractivity contribution >= 4 is 15.9 Å². The van der Waals surface area contributed by atoms with Gasteiger partial charge in [-0.1, -0.05) is 22.0 Å². The highest BCUT2D eigenvalue weighted by Gasteiger charge is 2.19. The number of nitrogens with zero attached hydrogens (tertiary/aromatic N) is 1. The quantitative estimate of drug-likeness (QED) is 0.899. The van der Waals surface area contributed by atoms with E-state index in [1.54, 1.807) is 0 Å². The molecule has 1 unspecified atom stereocenters. The van der Waals surface area contributed by atoms with E-state index in [1.165, 1.54) is 12.1 Å². The molecule has 0 aliphatic carbocycles. The first-order chi connectivity index (χ1) is 7.68. The van der Waals surface area contributed by atoms with Crippen molar-refractivity contribution in [1.82, 2.24) is 10.2 Å². The number of rotatable bonds is 2. The molecule has 0 aromatic heterocycles. The van der Waals surface area contributed by atoms with Crippen LogP contribution < -0.4 is 5.32 Å². The molecule has 0 amide bonds. The number of nitrogens with one attached hydrogen (secondary N) is 1. The lowest BCUT2D eigenvalue weighted by Gasteiger charge is -2.33. The van der Waals surface area contributed by atoms with Crippen LogP contribution in [0.4, 0.5) is 4.39 Å². The summed E-state index contributed by atoms with van der Waals surface area (Å²) in [6.45, 7) is 6.32. The molecule has 1 atom stereocenters. The zero-order valence-electron chi connectivity index (χ0n) is 9.34. The number of piperazine rings is 1. The standard InChI is InChI=1S/C12H16BrFN2/c1-9(16-6-4-15-5-7-16)11-3-2-10(14)8-12(11)13/h2-3,8-9,15H,4-7H2,1H3. The molecule has 1 aromatic rings. The lowest BCUT2D eigenvalue weighted by Crippen LogP contribution is -2.44. The summed E-state index contributed by atoms with van der Waals surface area (Å²) in [5.41, 5.74) is 1.16. The summed E-state index contributed by atoms with van der Waals surface area (Å²) in [4.78, 5) is 2.41. The van der Waals surface area contributed by atoms with E-state index in [2.05, 4.69) is 33.1 Å². The van der Waals surface area contributed by atoms with Crippen molar-refractivity contribution in [2.45, 2.75) is 13.0 Å². The van der Waals surface area contributed by atoms with Crippen molar-refractivity contribution in [2.24, 2.45) is 0 Å². The van der Waals surface area contributed by atoms with Gasteiger partial charge in [0.2, 0.25) is 0 Å². The van der Waals surface area contributed by atoms with Gasteiger partial charge in [-0.2, -0.15) is 0 Å². The maximum absolute atomic E-state index is 13.0. The zero-order chi connectivity index (χ0) is 11.5. The molecule has 1 saturated heterocycles. The third-order valence-corrected chi connectivity index (χ3v) is 3.80. The van der Waals surface area contributed by atoms with Crippen LogP contribution in [0.1, 0.15) is 18.5 Å². The lowest BCUT2D eigenvalue weighted by atomic mass is 10.1. The lowest BCUT2D eigenvalue weighted by molar-refractivity contribution is 0.185. The summed E-state index contributed by atoms with van der Waals surface area (Å²) in [6, 6.07) is 5.26. The van der Waals surface area contributed by atoms with Crippen LogP contribution in [-0.2, 0) is 0 Å². The Hall–Kier alpha value is -0.450. The third-order valence-electron chi connectivity index (χ3n) is 3.11. The second-order valence-corrected chi connectivity index (χ2v) is 4.98. The van der Waals surface area contributed by atoms with Crippen LogP contribution in [0.2, 0.25) is 0 Å². The topological polar surface area (TPSA) is 15.3 Å². The molecule has 2 rings (SSSR count). The molecule has 0 spiro atoms. The molecule has 0 radical (unpaired) electrons. The van der Waals surface area contributed by atoms with E-state index < -0.39 is 0 Å². The summed E-state index contributed by atoms with van der Waals surface area (Å²) in [6.07, 6.45) is 0. The Morgan fingerprint density at radius 2 is 2.06 bits per heavy atom. The van der Waals surface area contributed by atoms with Gasteiger partial charge < -0.3 is 5.32 Å². The summed E-state index contributed by atoms with van der Waals surface area (Å²) < 4.78 is 13.9. The van der Waals surface area contributed by atoms with Crippen LogP contribution in [0.3, 0.4) is 0 Å². The highest BCUT2D eigenvalue weighted by atomic mass is 79.9. The molecular weight excluding hydrogens is 271 g/mol. The van der Waals surface area contributed by atoms with Crippen molar-refractivity contribution in [3.63, 3.8) is 0 Å². The van der Waals surface area contributed by atoms with Crippen LogP contribution in [-0.4, -0.2) is 31.1 Å². The van der Waals surface area contributed by atoms with Gasteiger partial charge in [-0.15, -0.1) is 0 Å². The van der Waals surface area contributed by atoms with Crippen LogP contribution in [0, 0.1) is 5.82 Å². The van der Waals surface area contributed by atoms with Gasteiger partial charge in [-0.25, -0.2) is 4.39 Å². The highest BCUT2D eigenvalue weighted by Crippen LogP contribution is 2.28. The smallest absolute Gasteiger partial charge is 0.124 e. The van der Waals surface area contributed by atoms with Gasteiger partial charge >= 0.3 is 0 Å². The summed E-state index contributed by atoms with van der Waals surface area (Å²) in [5, 5.41) is 3.33. The first-order valence-electron chi connectivity index (χ1n) is 5.58. The molecule has 1 aromatic carbocycles. The largest absolute Gasteiger partial charge is 0.314 e. The van der Waals surface area contributed by atoms with Crippen LogP contribution >= 0.6 is 15.9 Å². The van der Waals surface area contributed by atoms with E-state index in [-0.39, 0.29) is 5.82 Å². The molecule has 1 aliphatic rings. The average Bonchev–Trinajstić information content (AvgIpc) is 2.29. The zero-order valence-corrected chi connectivity index (χ0v) is 10.9. The Morgan fingerprint density at radius 1 is 1.38 bits per heavy atom. The van der Waals surface area contributed by atoms with Gasteiger partial charge in [0, 0.05) is 36.7 Å². The third kappa shape index (κ3) is 2.62. The van der Waals surface area contributed by atoms with Gasteiger partial charge in [0.25, 0.3) is 0 Å². The maximum atomic E-state index is 13.0. The maximum Gasteiger partial charge on any atom is 0.124 e. The molecule has 1 heterocycles. The van der Waals surface area contributed by atoms with E-state index in [9.17, 15) is 4.39 Å². The Kier molecular flexibility index (Phi) is 3.95. The van der Waals surface area contributed by atoms with Crippen LogP contribution in [0.5, 0.6) is 0 Å². The van der Waals surface area contributed by atoms with Crippen molar-refractivity contribution in [3.05, 3.63) is 34.1 Å². The van der Waals surface area contributed by atoms with Crippen LogP contribution in [0.25, 0.3) is 0 Å². The Bertz CT molecular complexity index is 364. The molecule has 0 saturated carbocycles. The molecule has 88 valence electrons. The number of halogens is 2. The molecule has 1 fully saturated rings. The van der Waals surface area contributed by atoms with E-state index in [0.717, 1.165) is 36.2 Å². The Morgan fingerprint density at radius 3 is 2.69 bits per heavy atom. The monoisotopic (exact) mass is 286 g/mol. The molecular formula is C12H16BrFN2.